The number of para-hydroxylation sites is 1. The minimum atomic E-state index is -0.668. The molecule has 6 heteroatoms. The van der Waals surface area contributed by atoms with Gasteiger partial charge in [-0.1, -0.05) is 18.2 Å². The van der Waals surface area contributed by atoms with Gasteiger partial charge in [0.25, 0.3) is 11.8 Å². The van der Waals surface area contributed by atoms with Crippen molar-refractivity contribution < 1.29 is 14.8 Å². The Kier molecular flexibility index (Phi) is 3.06. The summed E-state index contributed by atoms with van der Waals surface area (Å²) in [6.07, 6.45) is 1.58. The van der Waals surface area contributed by atoms with Gasteiger partial charge in [0.1, 0.15) is 0 Å². The van der Waals surface area contributed by atoms with Crippen molar-refractivity contribution in [3.63, 3.8) is 0 Å². The Morgan fingerprint density at radius 2 is 2.06 bits per heavy atom. The number of aromatic nitrogens is 1. The molecule has 2 amide bonds. The van der Waals surface area contributed by atoms with Crippen molar-refractivity contribution in [2.24, 2.45) is 0 Å². The van der Waals surface area contributed by atoms with Crippen LogP contribution in [-0.2, 0) is 4.79 Å². The van der Waals surface area contributed by atoms with Crippen molar-refractivity contribution in [3.05, 3.63) is 36.0 Å². The van der Waals surface area contributed by atoms with Gasteiger partial charge in [-0.05, 0) is 6.07 Å². The molecule has 0 saturated carbocycles. The Bertz CT molecular complexity index is 562. The van der Waals surface area contributed by atoms with Gasteiger partial charge >= 0.3 is 0 Å². The average molecular weight is 233 g/mol. The molecule has 0 fully saturated rings. The first kappa shape index (κ1) is 11.2. The molecule has 2 rings (SSSR count). The van der Waals surface area contributed by atoms with E-state index in [4.69, 9.17) is 5.21 Å². The number of amides is 2. The molecular weight excluding hydrogens is 222 g/mol. The minimum absolute atomic E-state index is 0.269. The second kappa shape index (κ2) is 4.67. The highest BCUT2D eigenvalue weighted by Crippen LogP contribution is 2.17. The summed E-state index contributed by atoms with van der Waals surface area (Å²) in [6, 6.07) is 7.35. The van der Waals surface area contributed by atoms with Gasteiger partial charge < -0.3 is 10.3 Å². The van der Waals surface area contributed by atoms with Crippen LogP contribution >= 0.6 is 0 Å². The van der Waals surface area contributed by atoms with Gasteiger partial charge in [0.15, 0.2) is 0 Å². The summed E-state index contributed by atoms with van der Waals surface area (Å²) in [7, 11) is 0. The zero-order valence-corrected chi connectivity index (χ0v) is 8.86. The molecule has 0 radical (unpaired) electrons. The van der Waals surface area contributed by atoms with E-state index in [1.54, 1.807) is 6.20 Å². The Hall–Kier alpha value is -2.34. The van der Waals surface area contributed by atoms with E-state index in [0.717, 1.165) is 10.9 Å². The van der Waals surface area contributed by atoms with Crippen LogP contribution in [0, 0.1) is 0 Å². The molecule has 0 unspecified atom stereocenters. The van der Waals surface area contributed by atoms with Crippen LogP contribution in [0.2, 0.25) is 0 Å². The van der Waals surface area contributed by atoms with Crippen LogP contribution in [0.5, 0.6) is 0 Å². The van der Waals surface area contributed by atoms with E-state index in [0.29, 0.717) is 5.56 Å². The number of hydroxylamine groups is 1. The van der Waals surface area contributed by atoms with Crippen LogP contribution in [0.15, 0.2) is 30.5 Å². The Balaban J connectivity index is 2.17. The lowest BCUT2D eigenvalue weighted by Gasteiger charge is -2.02. The largest absolute Gasteiger partial charge is 0.360 e. The highest BCUT2D eigenvalue weighted by atomic mass is 16.5. The maximum absolute atomic E-state index is 11.7. The topological polar surface area (TPSA) is 94.2 Å². The first-order valence-electron chi connectivity index (χ1n) is 4.99. The predicted molar refractivity (Wildman–Crippen MR) is 60.6 cm³/mol. The zero-order valence-electron chi connectivity index (χ0n) is 8.86. The minimum Gasteiger partial charge on any atom is -0.360 e. The molecule has 1 aromatic carbocycles. The number of fused-ring (bicyclic) bond motifs is 1. The fourth-order valence-electron chi connectivity index (χ4n) is 1.55. The van der Waals surface area contributed by atoms with Crippen LogP contribution in [-0.4, -0.2) is 28.6 Å². The first-order chi connectivity index (χ1) is 8.22. The highest BCUT2D eigenvalue weighted by molar-refractivity contribution is 6.07. The van der Waals surface area contributed by atoms with E-state index in [9.17, 15) is 9.59 Å². The fourth-order valence-corrected chi connectivity index (χ4v) is 1.55. The highest BCUT2D eigenvalue weighted by Gasteiger charge is 2.12. The lowest BCUT2D eigenvalue weighted by molar-refractivity contribution is -0.128. The fraction of sp³-hybridized carbons (Fsp3) is 0.0909. The van der Waals surface area contributed by atoms with E-state index in [-0.39, 0.29) is 12.5 Å². The number of carbonyl (C=O) groups is 2. The molecule has 0 spiro atoms. The van der Waals surface area contributed by atoms with E-state index in [2.05, 4.69) is 10.3 Å². The molecular formula is C11H11N3O3. The van der Waals surface area contributed by atoms with Crippen LogP contribution in [0.3, 0.4) is 0 Å². The Labute approximate surface area is 96.6 Å². The molecule has 2 aromatic rings. The molecule has 0 aliphatic rings. The Morgan fingerprint density at radius 1 is 1.29 bits per heavy atom. The summed E-state index contributed by atoms with van der Waals surface area (Å²) < 4.78 is 0. The molecule has 0 aliphatic carbocycles. The molecule has 0 aliphatic heterocycles. The predicted octanol–water partition coefficient (Wildman–Crippen LogP) is 0.403. The monoisotopic (exact) mass is 233 g/mol. The number of rotatable bonds is 3. The van der Waals surface area contributed by atoms with Gasteiger partial charge in [-0.15, -0.1) is 0 Å². The smallest absolute Gasteiger partial charge is 0.262 e. The molecule has 1 heterocycles. The molecule has 0 atom stereocenters. The summed E-state index contributed by atoms with van der Waals surface area (Å²) in [6.45, 7) is -0.269. The lowest BCUT2D eigenvalue weighted by atomic mass is 10.1. The lowest BCUT2D eigenvalue weighted by Crippen LogP contribution is -2.35. The maximum Gasteiger partial charge on any atom is 0.262 e. The van der Waals surface area contributed by atoms with Gasteiger partial charge in [-0.25, -0.2) is 5.48 Å². The summed E-state index contributed by atoms with van der Waals surface area (Å²) >= 11 is 0. The first-order valence-corrected chi connectivity index (χ1v) is 4.99. The van der Waals surface area contributed by atoms with Crippen LogP contribution in [0.25, 0.3) is 10.9 Å². The molecule has 4 N–H and O–H groups in total. The third-order valence-corrected chi connectivity index (χ3v) is 2.37. The zero-order chi connectivity index (χ0) is 12.3. The third kappa shape index (κ3) is 2.26. The van der Waals surface area contributed by atoms with Gasteiger partial charge in [0.05, 0.1) is 12.1 Å². The summed E-state index contributed by atoms with van der Waals surface area (Å²) in [4.78, 5) is 25.5. The number of hydrogen-bond acceptors (Lipinski definition) is 3. The van der Waals surface area contributed by atoms with Gasteiger partial charge in [-0.3, -0.25) is 14.8 Å². The number of H-pyrrole nitrogens is 1. The van der Waals surface area contributed by atoms with Gasteiger partial charge in [-0.2, -0.15) is 0 Å². The quantitative estimate of drug-likeness (QED) is 0.456. The van der Waals surface area contributed by atoms with Crippen LogP contribution < -0.4 is 10.8 Å². The molecule has 1 aromatic heterocycles. The molecule has 0 bridgehead atoms. The van der Waals surface area contributed by atoms with Crippen molar-refractivity contribution in [2.45, 2.75) is 0 Å². The third-order valence-electron chi connectivity index (χ3n) is 2.37. The van der Waals surface area contributed by atoms with Crippen molar-refractivity contribution in [1.82, 2.24) is 15.8 Å². The number of hydrogen-bond donors (Lipinski definition) is 4. The van der Waals surface area contributed by atoms with Crippen molar-refractivity contribution in [2.75, 3.05) is 6.54 Å². The average Bonchev–Trinajstić information content (AvgIpc) is 2.79. The van der Waals surface area contributed by atoms with Crippen LogP contribution in [0.4, 0.5) is 0 Å². The molecule has 88 valence electrons. The summed E-state index contributed by atoms with van der Waals surface area (Å²) in [5.41, 5.74) is 2.76. The van der Waals surface area contributed by atoms with E-state index >= 15 is 0 Å². The second-order valence-electron chi connectivity index (χ2n) is 3.47. The number of aromatic amines is 1. The van der Waals surface area contributed by atoms with E-state index in [1.165, 1.54) is 5.48 Å². The SMILES string of the molecule is O=C(CNC(=O)c1c[nH]c2ccccc12)NO. The van der Waals surface area contributed by atoms with Crippen molar-refractivity contribution in [3.8, 4) is 0 Å². The standard InChI is InChI=1S/C11H11N3O3/c15-10(14-17)6-13-11(16)8-5-12-9-4-2-1-3-7(8)9/h1-5,12,17H,6H2,(H,13,16)(H,14,15). The van der Waals surface area contributed by atoms with Gasteiger partial charge in [0, 0.05) is 17.1 Å². The molecule has 17 heavy (non-hydrogen) atoms. The van der Waals surface area contributed by atoms with E-state index in [1.807, 2.05) is 24.3 Å². The number of nitrogens with one attached hydrogen (secondary N) is 3. The number of benzene rings is 1. The summed E-state index contributed by atoms with van der Waals surface area (Å²) in [5.74, 6) is -1.04. The van der Waals surface area contributed by atoms with Crippen molar-refractivity contribution in [1.29, 1.82) is 0 Å². The van der Waals surface area contributed by atoms with Gasteiger partial charge in [0.2, 0.25) is 0 Å². The molecule has 6 nitrogen and oxygen atoms in total. The normalized spacial score (nSPS) is 10.2. The Morgan fingerprint density at radius 3 is 2.82 bits per heavy atom. The van der Waals surface area contributed by atoms with E-state index < -0.39 is 5.91 Å². The van der Waals surface area contributed by atoms with Crippen LogP contribution in [0.1, 0.15) is 10.4 Å². The van der Waals surface area contributed by atoms with Crippen molar-refractivity contribution >= 4 is 22.7 Å². The molecule has 0 saturated heterocycles. The maximum atomic E-state index is 11.7. The second-order valence-corrected chi connectivity index (χ2v) is 3.47. The number of carbonyl (C=O) groups excluding carboxylic acids is 2. The summed E-state index contributed by atoms with van der Waals surface area (Å²) in [5, 5.41) is 11.5.